The molecule has 1 amide bonds. The monoisotopic (exact) mass is 565 g/mol. The number of H-pyrrole nitrogens is 1. The second-order valence-electron chi connectivity index (χ2n) is 12.1. The quantitative estimate of drug-likeness (QED) is 0.297. The Labute approximate surface area is 241 Å². The van der Waals surface area contributed by atoms with Gasteiger partial charge in [-0.15, -0.1) is 0 Å². The largest absolute Gasteiger partial charge is 0.497 e. The predicted octanol–water partition coefficient (Wildman–Crippen LogP) is 4.00. The minimum absolute atomic E-state index is 0.00341. The number of piperidine rings is 1. The number of anilines is 1. The Morgan fingerprint density at radius 3 is 2.83 bits per heavy atom. The summed E-state index contributed by atoms with van der Waals surface area (Å²) in [5.41, 5.74) is 6.20. The van der Waals surface area contributed by atoms with Gasteiger partial charge in [-0.1, -0.05) is 6.07 Å². The molecule has 2 bridgehead atoms. The van der Waals surface area contributed by atoms with Crippen LogP contribution < -0.4 is 15.2 Å². The van der Waals surface area contributed by atoms with Crippen LogP contribution in [0, 0.1) is 22.0 Å². The number of benzene rings is 2. The topological polar surface area (TPSA) is 114 Å². The number of hydrogen-bond donors (Lipinski definition) is 1. The van der Waals surface area contributed by atoms with Crippen LogP contribution in [0.3, 0.4) is 0 Å². The van der Waals surface area contributed by atoms with Crippen LogP contribution in [0.5, 0.6) is 5.75 Å². The molecule has 0 unspecified atom stereocenters. The number of non-ortho nitro benzene ring substituents is 1. The number of ether oxygens (including phenoxy) is 1. The second kappa shape index (κ2) is 9.20. The number of methoxy groups -OCH3 is 1. The molecule has 10 heteroatoms. The lowest BCUT2D eigenvalue weighted by molar-refractivity contribution is -0.384. The van der Waals surface area contributed by atoms with Gasteiger partial charge in [-0.05, 0) is 54.7 Å². The fourth-order valence-electron chi connectivity index (χ4n) is 8.18. The lowest BCUT2D eigenvalue weighted by Gasteiger charge is -2.54. The fourth-order valence-corrected chi connectivity index (χ4v) is 8.18. The summed E-state index contributed by atoms with van der Waals surface area (Å²) in [5.74, 6) is 0.761. The molecule has 4 aliphatic rings. The van der Waals surface area contributed by atoms with E-state index in [0.29, 0.717) is 32.6 Å². The number of nitro benzene ring substituents is 1. The maximum Gasteiger partial charge on any atom is 0.269 e. The van der Waals surface area contributed by atoms with Gasteiger partial charge >= 0.3 is 0 Å². The SMILES string of the molecule is COc1ccc2[nH]c3c(c2c1)CN(C(=O)[C@@H]1Cc2cc([N+](=O)[O-])ccc2N2C[C@H]4C[C@@H](Cn5c4cccc5=O)[C@@H]12)CC3. The van der Waals surface area contributed by atoms with Gasteiger partial charge in [0.15, 0.2) is 0 Å². The number of hydrogen-bond acceptors (Lipinski definition) is 6. The number of aromatic nitrogens is 2. The van der Waals surface area contributed by atoms with Crippen molar-refractivity contribution in [2.24, 2.45) is 11.8 Å². The molecule has 1 saturated heterocycles. The summed E-state index contributed by atoms with van der Waals surface area (Å²) >= 11 is 0. The molecule has 214 valence electrons. The van der Waals surface area contributed by atoms with E-state index in [1.807, 2.05) is 45.9 Å². The number of amides is 1. The maximum absolute atomic E-state index is 14.6. The summed E-state index contributed by atoms with van der Waals surface area (Å²) in [6, 6.07) is 16.4. The number of fused-ring (bicyclic) bond motifs is 11. The number of nitrogens with one attached hydrogen (secondary N) is 1. The van der Waals surface area contributed by atoms with Crippen molar-refractivity contribution in [2.75, 3.05) is 25.1 Å². The number of aromatic amines is 1. The van der Waals surface area contributed by atoms with Crippen LogP contribution in [0.15, 0.2) is 59.4 Å². The molecule has 2 aromatic carbocycles. The van der Waals surface area contributed by atoms with Crippen molar-refractivity contribution in [3.63, 3.8) is 0 Å². The van der Waals surface area contributed by atoms with E-state index in [-0.39, 0.29) is 45.9 Å². The summed E-state index contributed by atoms with van der Waals surface area (Å²) < 4.78 is 7.37. The average Bonchev–Trinajstić information content (AvgIpc) is 3.37. The first kappa shape index (κ1) is 25.1. The van der Waals surface area contributed by atoms with Gasteiger partial charge in [0, 0.05) is 96.3 Å². The normalized spacial score (nSPS) is 23.9. The van der Waals surface area contributed by atoms with Crippen LogP contribution in [-0.4, -0.2) is 51.5 Å². The van der Waals surface area contributed by atoms with Crippen LogP contribution >= 0.6 is 0 Å². The highest BCUT2D eigenvalue weighted by Crippen LogP contribution is 2.48. The van der Waals surface area contributed by atoms with Crippen molar-refractivity contribution in [3.05, 3.63) is 97.6 Å². The smallest absolute Gasteiger partial charge is 0.269 e. The molecular weight excluding hydrogens is 534 g/mol. The zero-order valence-electron chi connectivity index (χ0n) is 23.3. The van der Waals surface area contributed by atoms with Crippen LogP contribution in [0.1, 0.15) is 34.9 Å². The van der Waals surface area contributed by atoms with Gasteiger partial charge < -0.3 is 24.1 Å². The molecule has 1 N–H and O–H groups in total. The van der Waals surface area contributed by atoms with E-state index in [1.165, 1.54) is 0 Å². The van der Waals surface area contributed by atoms with Crippen LogP contribution in [0.4, 0.5) is 11.4 Å². The van der Waals surface area contributed by atoms with Crippen LogP contribution in [0.2, 0.25) is 0 Å². The zero-order valence-corrected chi connectivity index (χ0v) is 23.3. The molecule has 0 saturated carbocycles. The lowest BCUT2D eigenvalue weighted by atomic mass is 9.69. The summed E-state index contributed by atoms with van der Waals surface area (Å²) in [5, 5.41) is 12.7. The highest BCUT2D eigenvalue weighted by atomic mass is 16.6. The molecule has 1 fully saturated rings. The maximum atomic E-state index is 14.6. The molecule has 4 atom stereocenters. The third-order valence-corrected chi connectivity index (χ3v) is 10.0. The molecule has 42 heavy (non-hydrogen) atoms. The predicted molar refractivity (Wildman–Crippen MR) is 157 cm³/mol. The first-order valence-corrected chi connectivity index (χ1v) is 14.6. The third-order valence-electron chi connectivity index (χ3n) is 10.0. The van der Waals surface area contributed by atoms with Gasteiger partial charge in [-0.25, -0.2) is 0 Å². The standard InChI is InChI=1S/C32H31N5O5/c1-42-22-6-7-26-23(14-22)25-17-34(10-9-27(25)33-26)32(39)24-13-18-12-21(37(40)41)5-8-29(18)36-15-19-11-20(31(24)36)16-35-28(19)3-2-4-30(35)38/h2-8,12,14,19-20,24,31,33H,9-11,13,15-17H2,1H3/t19-,20+,24-,31+/m1/s1. The third kappa shape index (κ3) is 3.70. The zero-order chi connectivity index (χ0) is 28.7. The first-order valence-electron chi connectivity index (χ1n) is 14.6. The van der Waals surface area contributed by atoms with Gasteiger partial charge in [0.1, 0.15) is 5.75 Å². The number of nitrogens with zero attached hydrogens (tertiary/aromatic N) is 4. The Morgan fingerprint density at radius 1 is 1.12 bits per heavy atom. The Morgan fingerprint density at radius 2 is 2.00 bits per heavy atom. The molecule has 8 rings (SSSR count). The molecule has 6 heterocycles. The number of nitro groups is 1. The van der Waals surface area contributed by atoms with Gasteiger partial charge in [-0.3, -0.25) is 19.7 Å². The Kier molecular flexibility index (Phi) is 5.51. The van der Waals surface area contributed by atoms with E-state index in [2.05, 4.69) is 9.88 Å². The Balaban J connectivity index is 1.19. The number of pyridine rings is 1. The number of carbonyl (C=O) groups is 1. The van der Waals surface area contributed by atoms with Crippen molar-refractivity contribution in [1.82, 2.24) is 14.5 Å². The Hall–Kier alpha value is -4.60. The molecule has 0 radical (unpaired) electrons. The summed E-state index contributed by atoms with van der Waals surface area (Å²) in [6.45, 7) is 2.36. The van der Waals surface area contributed by atoms with E-state index in [1.54, 1.807) is 25.3 Å². The summed E-state index contributed by atoms with van der Waals surface area (Å²) in [4.78, 5) is 46.6. The van der Waals surface area contributed by atoms with Gasteiger partial charge in [0.05, 0.1) is 18.0 Å². The average molecular weight is 566 g/mol. The number of rotatable bonds is 3. The summed E-state index contributed by atoms with van der Waals surface area (Å²) in [6.07, 6.45) is 2.10. The minimum atomic E-state index is -0.368. The molecule has 0 spiro atoms. The van der Waals surface area contributed by atoms with E-state index in [4.69, 9.17) is 4.74 Å². The molecule has 10 nitrogen and oxygen atoms in total. The first-order chi connectivity index (χ1) is 20.4. The van der Waals surface area contributed by atoms with Gasteiger partial charge in [0.25, 0.3) is 11.2 Å². The molecular formula is C32H31N5O5. The molecule has 2 aromatic heterocycles. The van der Waals surface area contributed by atoms with E-state index < -0.39 is 0 Å². The second-order valence-corrected chi connectivity index (χ2v) is 12.1. The van der Waals surface area contributed by atoms with Crippen LogP contribution in [-0.2, 0) is 30.7 Å². The van der Waals surface area contributed by atoms with E-state index in [0.717, 1.165) is 57.7 Å². The molecule has 4 aromatic rings. The minimum Gasteiger partial charge on any atom is -0.497 e. The van der Waals surface area contributed by atoms with Crippen molar-refractivity contribution in [1.29, 1.82) is 0 Å². The van der Waals surface area contributed by atoms with Crippen LogP contribution in [0.25, 0.3) is 10.9 Å². The lowest BCUT2D eigenvalue weighted by Crippen LogP contribution is -2.61. The van der Waals surface area contributed by atoms with Crippen molar-refractivity contribution in [3.8, 4) is 5.75 Å². The highest BCUT2D eigenvalue weighted by Gasteiger charge is 2.50. The van der Waals surface area contributed by atoms with Crippen molar-refractivity contribution < 1.29 is 14.5 Å². The molecule has 0 aliphatic carbocycles. The summed E-state index contributed by atoms with van der Waals surface area (Å²) in [7, 11) is 1.65. The Bertz CT molecular complexity index is 1840. The highest BCUT2D eigenvalue weighted by molar-refractivity contribution is 5.88. The van der Waals surface area contributed by atoms with Gasteiger partial charge in [0.2, 0.25) is 5.91 Å². The number of carbonyl (C=O) groups excluding carboxylic acids is 1. The fraction of sp³-hybridized carbons (Fsp3) is 0.375. The van der Waals surface area contributed by atoms with Crippen molar-refractivity contribution >= 4 is 28.2 Å². The van der Waals surface area contributed by atoms with Crippen molar-refractivity contribution in [2.45, 2.75) is 44.3 Å². The molecule has 4 aliphatic heterocycles. The van der Waals surface area contributed by atoms with E-state index >= 15 is 0 Å². The van der Waals surface area contributed by atoms with E-state index in [9.17, 15) is 19.7 Å². The van der Waals surface area contributed by atoms with Gasteiger partial charge in [-0.2, -0.15) is 0 Å².